The van der Waals surface area contributed by atoms with Crippen LogP contribution in [0, 0.1) is 0 Å². The molecule has 1 aromatic carbocycles. The molecule has 7 nitrogen and oxygen atoms in total. The molecular formula is C19H20N2O5S. The molecule has 142 valence electrons. The van der Waals surface area contributed by atoms with Crippen LogP contribution in [0.15, 0.2) is 47.9 Å². The Labute approximate surface area is 161 Å². The van der Waals surface area contributed by atoms with Crippen LogP contribution in [0.1, 0.15) is 28.6 Å². The number of carbonyl (C=O) groups excluding carboxylic acids is 3. The zero-order valence-electron chi connectivity index (χ0n) is 14.8. The standard InChI is InChI=1S/C19H20N2O5S/c1-2-11-25-19(24)14-5-7-15(8-6-14)26-13-18(23)21-20-17(22)10-9-16-4-3-12-27-16/h3-10,12H,2,11,13H2,1H3,(H,20,22)(H,21,23). The van der Waals surface area contributed by atoms with Crippen molar-refractivity contribution in [2.75, 3.05) is 13.2 Å². The minimum Gasteiger partial charge on any atom is -0.484 e. The van der Waals surface area contributed by atoms with Crippen LogP contribution in [0.3, 0.4) is 0 Å². The van der Waals surface area contributed by atoms with E-state index in [1.807, 2.05) is 24.4 Å². The van der Waals surface area contributed by atoms with Gasteiger partial charge in [-0.15, -0.1) is 11.3 Å². The number of thiophene rings is 1. The predicted octanol–water partition coefficient (Wildman–Crippen LogP) is 2.55. The van der Waals surface area contributed by atoms with Gasteiger partial charge in [0.05, 0.1) is 12.2 Å². The summed E-state index contributed by atoms with van der Waals surface area (Å²) >= 11 is 1.50. The van der Waals surface area contributed by atoms with Gasteiger partial charge >= 0.3 is 5.97 Å². The molecule has 27 heavy (non-hydrogen) atoms. The molecule has 0 aliphatic heterocycles. The molecule has 2 amide bonds. The summed E-state index contributed by atoms with van der Waals surface area (Å²) < 4.78 is 10.3. The number of hydrogen-bond donors (Lipinski definition) is 2. The van der Waals surface area contributed by atoms with Crippen LogP contribution < -0.4 is 15.6 Å². The lowest BCUT2D eigenvalue weighted by Gasteiger charge is -2.08. The van der Waals surface area contributed by atoms with Gasteiger partial charge in [-0.05, 0) is 48.2 Å². The lowest BCUT2D eigenvalue weighted by Crippen LogP contribution is -2.43. The quantitative estimate of drug-likeness (QED) is 0.412. The third-order valence-corrected chi connectivity index (χ3v) is 4.00. The van der Waals surface area contributed by atoms with Crippen molar-refractivity contribution in [3.63, 3.8) is 0 Å². The Bertz CT molecular complexity index is 785. The van der Waals surface area contributed by atoms with Crippen molar-refractivity contribution in [2.24, 2.45) is 0 Å². The maximum Gasteiger partial charge on any atom is 0.338 e. The lowest BCUT2D eigenvalue weighted by atomic mass is 10.2. The number of amides is 2. The van der Waals surface area contributed by atoms with E-state index in [0.29, 0.717) is 17.9 Å². The largest absolute Gasteiger partial charge is 0.484 e. The molecule has 2 rings (SSSR count). The fourth-order valence-corrected chi connectivity index (χ4v) is 2.49. The van der Waals surface area contributed by atoms with E-state index in [4.69, 9.17) is 9.47 Å². The van der Waals surface area contributed by atoms with Crippen molar-refractivity contribution in [3.8, 4) is 5.75 Å². The Morgan fingerprint density at radius 3 is 2.56 bits per heavy atom. The van der Waals surface area contributed by atoms with Crippen LogP contribution in [0.25, 0.3) is 6.08 Å². The van der Waals surface area contributed by atoms with E-state index in [1.165, 1.54) is 17.4 Å². The van der Waals surface area contributed by atoms with Gasteiger partial charge in [0.25, 0.3) is 11.8 Å². The van der Waals surface area contributed by atoms with E-state index in [2.05, 4.69) is 10.9 Å². The smallest absolute Gasteiger partial charge is 0.338 e. The number of hydrazine groups is 1. The Balaban J connectivity index is 1.70. The van der Waals surface area contributed by atoms with Gasteiger partial charge in [-0.3, -0.25) is 20.4 Å². The van der Waals surface area contributed by atoms with Gasteiger partial charge in [0.2, 0.25) is 0 Å². The first kappa shape index (κ1) is 20.2. The number of rotatable bonds is 8. The second-order valence-corrected chi connectivity index (χ2v) is 6.31. The Hall–Kier alpha value is -3.13. The Kier molecular flexibility index (Phi) is 8.05. The topological polar surface area (TPSA) is 93.7 Å². The number of ether oxygens (including phenoxy) is 2. The molecule has 8 heteroatoms. The SMILES string of the molecule is CCCOC(=O)c1ccc(OCC(=O)NNC(=O)C=Cc2cccs2)cc1. The second kappa shape index (κ2) is 10.8. The molecule has 2 N–H and O–H groups in total. The van der Waals surface area contributed by atoms with Crippen LogP contribution in [0.5, 0.6) is 5.75 Å². The highest BCUT2D eigenvalue weighted by Crippen LogP contribution is 2.13. The number of hydrogen-bond acceptors (Lipinski definition) is 6. The van der Waals surface area contributed by atoms with Crippen molar-refractivity contribution in [1.82, 2.24) is 10.9 Å². The highest BCUT2D eigenvalue weighted by Gasteiger charge is 2.08. The third kappa shape index (κ3) is 7.33. The predicted molar refractivity (Wildman–Crippen MR) is 102 cm³/mol. The lowest BCUT2D eigenvalue weighted by molar-refractivity contribution is -0.128. The van der Waals surface area contributed by atoms with Crippen LogP contribution in [-0.4, -0.2) is 31.0 Å². The Morgan fingerprint density at radius 2 is 1.89 bits per heavy atom. The van der Waals surface area contributed by atoms with Crippen molar-refractivity contribution in [2.45, 2.75) is 13.3 Å². The molecule has 1 heterocycles. The average Bonchev–Trinajstić information content (AvgIpc) is 3.21. The van der Waals surface area contributed by atoms with Crippen molar-refractivity contribution in [3.05, 3.63) is 58.3 Å². The van der Waals surface area contributed by atoms with E-state index in [9.17, 15) is 14.4 Å². The van der Waals surface area contributed by atoms with Crippen LogP contribution in [0.4, 0.5) is 0 Å². The monoisotopic (exact) mass is 388 g/mol. The van der Waals surface area contributed by atoms with Crippen molar-refractivity contribution < 1.29 is 23.9 Å². The molecule has 0 bridgehead atoms. The minimum atomic E-state index is -0.515. The number of nitrogens with one attached hydrogen (secondary N) is 2. The molecular weight excluding hydrogens is 368 g/mol. The molecule has 0 aliphatic rings. The van der Waals surface area contributed by atoms with Gasteiger partial charge < -0.3 is 9.47 Å². The maximum atomic E-state index is 11.7. The van der Waals surface area contributed by atoms with Gasteiger partial charge in [-0.2, -0.15) is 0 Å². The normalized spacial score (nSPS) is 10.4. The number of carbonyl (C=O) groups is 3. The molecule has 1 aromatic heterocycles. The molecule has 0 saturated heterocycles. The number of benzene rings is 1. The van der Waals surface area contributed by atoms with Gasteiger partial charge in [0.15, 0.2) is 6.61 Å². The molecule has 0 aliphatic carbocycles. The minimum absolute atomic E-state index is 0.283. The highest BCUT2D eigenvalue weighted by atomic mass is 32.1. The molecule has 0 atom stereocenters. The summed E-state index contributed by atoms with van der Waals surface area (Å²) in [5.41, 5.74) is 4.92. The molecule has 0 radical (unpaired) electrons. The van der Waals surface area contributed by atoms with Crippen molar-refractivity contribution in [1.29, 1.82) is 0 Å². The van der Waals surface area contributed by atoms with E-state index >= 15 is 0 Å². The molecule has 0 spiro atoms. The van der Waals surface area contributed by atoms with Gasteiger partial charge in [-0.1, -0.05) is 13.0 Å². The fraction of sp³-hybridized carbons (Fsp3) is 0.211. The van der Waals surface area contributed by atoms with Crippen LogP contribution in [-0.2, 0) is 14.3 Å². The summed E-state index contributed by atoms with van der Waals surface area (Å²) in [7, 11) is 0. The zero-order valence-corrected chi connectivity index (χ0v) is 15.6. The molecule has 0 fully saturated rings. The van der Waals surface area contributed by atoms with E-state index in [-0.39, 0.29) is 6.61 Å². The van der Waals surface area contributed by atoms with Gasteiger partial charge in [0.1, 0.15) is 5.75 Å². The van der Waals surface area contributed by atoms with Gasteiger partial charge in [-0.25, -0.2) is 4.79 Å². The molecule has 2 aromatic rings. The van der Waals surface area contributed by atoms with E-state index in [0.717, 1.165) is 11.3 Å². The number of esters is 1. The second-order valence-electron chi connectivity index (χ2n) is 5.34. The van der Waals surface area contributed by atoms with E-state index < -0.39 is 17.8 Å². The summed E-state index contributed by atoms with van der Waals surface area (Å²) in [6.07, 6.45) is 3.72. The first-order valence-corrected chi connectivity index (χ1v) is 9.17. The molecule has 0 saturated carbocycles. The summed E-state index contributed by atoms with van der Waals surface area (Å²) in [5, 5.41) is 1.90. The van der Waals surface area contributed by atoms with Crippen LogP contribution >= 0.6 is 11.3 Å². The summed E-state index contributed by atoms with van der Waals surface area (Å²) in [6.45, 7) is 2.00. The highest BCUT2D eigenvalue weighted by molar-refractivity contribution is 7.10. The first-order chi connectivity index (χ1) is 13.1. The Morgan fingerprint density at radius 1 is 1.11 bits per heavy atom. The summed E-state index contributed by atoms with van der Waals surface area (Å²) in [4.78, 5) is 35.9. The summed E-state index contributed by atoms with van der Waals surface area (Å²) in [5.74, 6) is -0.952. The van der Waals surface area contributed by atoms with Gasteiger partial charge in [0, 0.05) is 11.0 Å². The molecule has 0 unspecified atom stereocenters. The van der Waals surface area contributed by atoms with E-state index in [1.54, 1.807) is 30.3 Å². The fourth-order valence-electron chi connectivity index (χ4n) is 1.87. The zero-order chi connectivity index (χ0) is 19.5. The van der Waals surface area contributed by atoms with Crippen LogP contribution in [0.2, 0.25) is 0 Å². The first-order valence-electron chi connectivity index (χ1n) is 8.29. The summed E-state index contributed by atoms with van der Waals surface area (Å²) in [6, 6.07) is 10.00. The maximum absolute atomic E-state index is 11.7. The average molecular weight is 388 g/mol. The third-order valence-electron chi connectivity index (χ3n) is 3.16. The van der Waals surface area contributed by atoms with Crippen molar-refractivity contribution >= 4 is 35.2 Å².